The third-order valence-corrected chi connectivity index (χ3v) is 2.72. The Morgan fingerprint density at radius 1 is 1.10 bits per heavy atom. The number of hydrogen-bond acceptors (Lipinski definition) is 9. The summed E-state index contributed by atoms with van der Waals surface area (Å²) in [7, 11) is 0. The Morgan fingerprint density at radius 3 is 2.24 bits per heavy atom. The summed E-state index contributed by atoms with van der Waals surface area (Å²) in [5.74, 6) is -0.441. The Bertz CT molecular complexity index is 451. The first kappa shape index (κ1) is 17.6. The van der Waals surface area contributed by atoms with Crippen molar-refractivity contribution in [3.8, 4) is 0 Å². The zero-order valence-electron chi connectivity index (χ0n) is 11.1. The Labute approximate surface area is 120 Å². The summed E-state index contributed by atoms with van der Waals surface area (Å²) in [6.07, 6.45) is -4.66. The van der Waals surface area contributed by atoms with Gasteiger partial charge in [-0.1, -0.05) is 0 Å². The van der Waals surface area contributed by atoms with Crippen molar-refractivity contribution in [2.24, 2.45) is 0 Å². The fourth-order valence-electron chi connectivity index (χ4n) is 1.58. The van der Waals surface area contributed by atoms with E-state index in [1.54, 1.807) is 0 Å². The van der Waals surface area contributed by atoms with Crippen molar-refractivity contribution in [2.75, 3.05) is 6.61 Å². The molecule has 21 heavy (non-hydrogen) atoms. The molecular weight excluding hydrogens is 284 g/mol. The molecule has 0 aromatic carbocycles. The minimum atomic E-state index is -1.72. The molecular formula is C12H18N2O7. The van der Waals surface area contributed by atoms with Crippen molar-refractivity contribution in [1.29, 1.82) is 0 Å². The predicted molar refractivity (Wildman–Crippen MR) is 67.6 cm³/mol. The molecule has 1 heterocycles. The number of rotatable bonds is 8. The molecule has 0 spiro atoms. The van der Waals surface area contributed by atoms with E-state index in [4.69, 9.17) is 15.3 Å². The molecule has 0 aliphatic carbocycles. The predicted octanol–water partition coefficient (Wildman–Crippen LogP) is -2.96. The van der Waals surface area contributed by atoms with Crippen molar-refractivity contribution in [2.45, 2.75) is 37.4 Å². The second-order valence-electron chi connectivity index (χ2n) is 4.52. The smallest absolute Gasteiger partial charge is 0.158 e. The largest absolute Gasteiger partial charge is 0.394 e. The first-order valence-corrected chi connectivity index (χ1v) is 6.18. The van der Waals surface area contributed by atoms with Gasteiger partial charge in [0.1, 0.15) is 24.1 Å². The molecule has 0 saturated carbocycles. The molecule has 1 rings (SSSR count). The minimum Gasteiger partial charge on any atom is -0.394 e. The zero-order valence-corrected chi connectivity index (χ0v) is 11.1. The van der Waals surface area contributed by atoms with Crippen LogP contribution in [0, 0.1) is 0 Å². The molecule has 0 fully saturated rings. The molecule has 3 unspecified atom stereocenters. The number of carbonyl (C=O) groups is 1. The van der Waals surface area contributed by atoms with Gasteiger partial charge in [-0.25, -0.2) is 0 Å². The number of ketones is 1. The number of aliphatic hydroxyl groups is 6. The second kappa shape index (κ2) is 8.08. The summed E-state index contributed by atoms with van der Waals surface area (Å²) >= 11 is 0. The fourth-order valence-corrected chi connectivity index (χ4v) is 1.58. The molecule has 0 bridgehead atoms. The summed E-state index contributed by atoms with van der Waals surface area (Å²) in [6, 6.07) is 0. The lowest BCUT2D eigenvalue weighted by Crippen LogP contribution is -2.35. The van der Waals surface area contributed by atoms with E-state index in [-0.39, 0.29) is 17.8 Å². The van der Waals surface area contributed by atoms with E-state index >= 15 is 0 Å². The van der Waals surface area contributed by atoms with Crippen LogP contribution in [0.5, 0.6) is 0 Å². The van der Waals surface area contributed by atoms with Crippen LogP contribution >= 0.6 is 0 Å². The van der Waals surface area contributed by atoms with Crippen LogP contribution in [0.15, 0.2) is 12.4 Å². The summed E-state index contributed by atoms with van der Waals surface area (Å²) in [6.45, 7) is -0.721. The highest BCUT2D eigenvalue weighted by molar-refractivity contribution is 5.80. The first-order chi connectivity index (χ1) is 9.85. The monoisotopic (exact) mass is 302 g/mol. The molecule has 0 saturated heterocycles. The standard InChI is InChI=1S/C12H18N2O7/c15-5-9(17)12(21)11(20)8-4-13-6(3-14-8)1-7(16)2-10(18)19/h3-4,9-12,15,17-21H,1-2,5H2. The highest BCUT2D eigenvalue weighted by atomic mass is 16.5. The Morgan fingerprint density at radius 2 is 1.76 bits per heavy atom. The number of hydrogen-bond donors (Lipinski definition) is 6. The Hall–Kier alpha value is -1.49. The number of carbonyl (C=O) groups excluding carboxylic acids is 1. The molecule has 118 valence electrons. The van der Waals surface area contributed by atoms with Crippen molar-refractivity contribution >= 4 is 5.78 Å². The molecule has 0 radical (unpaired) electrons. The van der Waals surface area contributed by atoms with Gasteiger partial charge in [-0.05, 0) is 0 Å². The van der Waals surface area contributed by atoms with Gasteiger partial charge >= 0.3 is 0 Å². The maximum absolute atomic E-state index is 11.3. The summed E-state index contributed by atoms with van der Waals surface area (Å²) in [5, 5.41) is 54.4. The van der Waals surface area contributed by atoms with E-state index in [1.165, 1.54) is 6.20 Å². The Kier molecular flexibility index (Phi) is 6.75. The number of aromatic nitrogens is 2. The summed E-state index contributed by atoms with van der Waals surface area (Å²) < 4.78 is 0. The van der Waals surface area contributed by atoms with Crippen LogP contribution in [-0.2, 0) is 11.2 Å². The quantitative estimate of drug-likeness (QED) is 0.275. The maximum Gasteiger partial charge on any atom is 0.158 e. The van der Waals surface area contributed by atoms with Gasteiger partial charge in [-0.3, -0.25) is 14.8 Å². The lowest BCUT2D eigenvalue weighted by molar-refractivity contribution is -0.126. The van der Waals surface area contributed by atoms with Crippen LogP contribution in [0.4, 0.5) is 0 Å². The van der Waals surface area contributed by atoms with Gasteiger partial charge in [0, 0.05) is 6.20 Å². The van der Waals surface area contributed by atoms with Crippen molar-refractivity contribution in [3.05, 3.63) is 23.8 Å². The highest BCUT2D eigenvalue weighted by Crippen LogP contribution is 2.16. The average molecular weight is 302 g/mol. The Balaban J connectivity index is 2.67. The van der Waals surface area contributed by atoms with Gasteiger partial charge in [0.15, 0.2) is 6.29 Å². The molecule has 9 nitrogen and oxygen atoms in total. The number of nitrogens with zero attached hydrogens (tertiary/aromatic N) is 2. The maximum atomic E-state index is 11.3. The van der Waals surface area contributed by atoms with Crippen LogP contribution < -0.4 is 0 Å². The summed E-state index contributed by atoms with van der Waals surface area (Å²) in [4.78, 5) is 19.0. The van der Waals surface area contributed by atoms with Gasteiger partial charge in [0.25, 0.3) is 0 Å². The van der Waals surface area contributed by atoms with Crippen molar-refractivity contribution < 1.29 is 35.4 Å². The van der Waals surface area contributed by atoms with E-state index in [0.29, 0.717) is 0 Å². The van der Waals surface area contributed by atoms with E-state index in [9.17, 15) is 20.1 Å². The van der Waals surface area contributed by atoms with Crippen molar-refractivity contribution in [1.82, 2.24) is 9.97 Å². The normalized spacial score (nSPS) is 15.8. The van der Waals surface area contributed by atoms with E-state index in [2.05, 4.69) is 9.97 Å². The van der Waals surface area contributed by atoms with Gasteiger partial charge in [0.2, 0.25) is 0 Å². The van der Waals surface area contributed by atoms with Gasteiger partial charge in [-0.15, -0.1) is 0 Å². The number of aliphatic hydroxyl groups excluding tert-OH is 5. The molecule has 0 aliphatic heterocycles. The van der Waals surface area contributed by atoms with E-state index in [0.717, 1.165) is 6.20 Å². The van der Waals surface area contributed by atoms with E-state index < -0.39 is 43.4 Å². The highest BCUT2D eigenvalue weighted by Gasteiger charge is 2.26. The molecule has 1 aromatic rings. The summed E-state index contributed by atoms with van der Waals surface area (Å²) in [5.41, 5.74) is 0.224. The molecule has 9 heteroatoms. The fraction of sp³-hybridized carbons (Fsp3) is 0.583. The van der Waals surface area contributed by atoms with Crippen LogP contribution in [-0.4, -0.2) is 71.5 Å². The second-order valence-corrected chi connectivity index (χ2v) is 4.52. The molecule has 6 N–H and O–H groups in total. The molecule has 0 aliphatic rings. The SMILES string of the molecule is O=C(Cc1cnc(C(O)C(O)C(O)CO)cn1)CC(O)O. The van der Waals surface area contributed by atoms with Crippen LogP contribution in [0.3, 0.4) is 0 Å². The van der Waals surface area contributed by atoms with Crippen LogP contribution in [0.2, 0.25) is 0 Å². The third kappa shape index (κ3) is 5.42. The van der Waals surface area contributed by atoms with E-state index in [1.807, 2.05) is 0 Å². The first-order valence-electron chi connectivity index (χ1n) is 6.18. The topological polar surface area (TPSA) is 164 Å². The molecule has 3 atom stereocenters. The van der Waals surface area contributed by atoms with Gasteiger partial charge in [0.05, 0.1) is 37.0 Å². The lowest BCUT2D eigenvalue weighted by atomic mass is 10.1. The third-order valence-electron chi connectivity index (χ3n) is 2.72. The number of Topliss-reactive ketones (excluding diaryl/α,β-unsaturated/α-hetero) is 1. The average Bonchev–Trinajstić information content (AvgIpc) is 2.44. The van der Waals surface area contributed by atoms with Crippen LogP contribution in [0.25, 0.3) is 0 Å². The molecule has 0 amide bonds. The lowest BCUT2D eigenvalue weighted by Gasteiger charge is -2.20. The van der Waals surface area contributed by atoms with Gasteiger partial charge < -0.3 is 30.6 Å². The van der Waals surface area contributed by atoms with Crippen LogP contribution in [0.1, 0.15) is 23.9 Å². The zero-order chi connectivity index (χ0) is 16.0. The van der Waals surface area contributed by atoms with Gasteiger partial charge in [-0.2, -0.15) is 0 Å². The minimum absolute atomic E-state index is 0.0339. The molecule has 1 aromatic heterocycles. The van der Waals surface area contributed by atoms with Crippen molar-refractivity contribution in [3.63, 3.8) is 0 Å².